The molecule has 114 valence electrons. The first-order valence-electron chi connectivity index (χ1n) is 7.63. The van der Waals surface area contributed by atoms with Crippen LogP contribution in [-0.4, -0.2) is 22.7 Å². The van der Waals surface area contributed by atoms with E-state index in [4.69, 9.17) is 0 Å². The van der Waals surface area contributed by atoms with Gasteiger partial charge in [-0.1, -0.05) is 31.2 Å². The van der Waals surface area contributed by atoms with Crippen LogP contribution in [-0.2, 0) is 4.79 Å². The molecular weight excluding hydrogens is 292 g/mol. The van der Waals surface area contributed by atoms with Gasteiger partial charge in [0.05, 0.1) is 0 Å². The van der Waals surface area contributed by atoms with Crippen LogP contribution in [0.2, 0.25) is 0 Å². The van der Waals surface area contributed by atoms with Crippen molar-refractivity contribution in [2.45, 2.75) is 29.4 Å². The number of nitrogens with zero attached hydrogens (tertiary/aromatic N) is 1. The molecule has 0 saturated heterocycles. The van der Waals surface area contributed by atoms with Gasteiger partial charge in [0.25, 0.3) is 0 Å². The van der Waals surface area contributed by atoms with Crippen LogP contribution in [0.5, 0.6) is 0 Å². The third-order valence-corrected chi connectivity index (χ3v) is 5.00. The summed E-state index contributed by atoms with van der Waals surface area (Å²) in [6.45, 7) is 2.85. The maximum Gasteiger partial charge on any atom is 0.223 e. The number of amides is 1. The van der Waals surface area contributed by atoms with Gasteiger partial charge < -0.3 is 5.32 Å². The molecule has 2 aromatic rings. The third kappa shape index (κ3) is 3.89. The molecule has 0 unspecified atom stereocenters. The Bertz CT molecular complexity index is 617. The highest BCUT2D eigenvalue weighted by molar-refractivity contribution is 8.00. The summed E-state index contributed by atoms with van der Waals surface area (Å²) in [5.74, 6) is 0.651. The first-order chi connectivity index (χ1) is 10.7. The predicted molar refractivity (Wildman–Crippen MR) is 89.9 cm³/mol. The van der Waals surface area contributed by atoms with E-state index in [-0.39, 0.29) is 11.8 Å². The van der Waals surface area contributed by atoms with Crippen LogP contribution in [0.25, 0.3) is 0 Å². The van der Waals surface area contributed by atoms with Crippen molar-refractivity contribution in [2.24, 2.45) is 5.92 Å². The summed E-state index contributed by atoms with van der Waals surface area (Å²) in [6, 6.07) is 14.3. The van der Waals surface area contributed by atoms with Crippen LogP contribution >= 0.6 is 11.8 Å². The monoisotopic (exact) mass is 312 g/mol. The molecule has 1 heterocycles. The van der Waals surface area contributed by atoms with E-state index in [1.165, 1.54) is 10.5 Å². The largest absolute Gasteiger partial charge is 0.355 e. The van der Waals surface area contributed by atoms with Gasteiger partial charge in [0.15, 0.2) is 0 Å². The fraction of sp³-hybridized carbons (Fsp3) is 0.333. The Hall–Kier alpha value is -1.81. The second-order valence-electron chi connectivity index (χ2n) is 5.72. The Morgan fingerprint density at radius 2 is 2.14 bits per heavy atom. The minimum absolute atomic E-state index is 0.123. The number of hydrogen-bond donors (Lipinski definition) is 1. The number of nitrogens with one attached hydrogen (secondary N) is 1. The van der Waals surface area contributed by atoms with Crippen LogP contribution in [0.4, 0.5) is 0 Å². The van der Waals surface area contributed by atoms with Crippen LogP contribution in [0, 0.1) is 5.92 Å². The van der Waals surface area contributed by atoms with Gasteiger partial charge >= 0.3 is 0 Å². The van der Waals surface area contributed by atoms with Gasteiger partial charge in [-0.2, -0.15) is 0 Å². The summed E-state index contributed by atoms with van der Waals surface area (Å²) in [5, 5.41) is 3.45. The molecule has 3 rings (SSSR count). The van der Waals surface area contributed by atoms with Gasteiger partial charge in [0.2, 0.25) is 5.91 Å². The molecule has 0 spiro atoms. The molecule has 1 aromatic carbocycles. The average molecular weight is 312 g/mol. The first kappa shape index (κ1) is 15.1. The van der Waals surface area contributed by atoms with Crippen molar-refractivity contribution in [1.82, 2.24) is 10.3 Å². The van der Waals surface area contributed by atoms with Crippen molar-refractivity contribution in [3.05, 3.63) is 60.4 Å². The molecule has 1 N–H and O–H groups in total. The normalized spacial score (nSPS) is 21.1. The lowest BCUT2D eigenvalue weighted by Crippen LogP contribution is -2.30. The van der Waals surface area contributed by atoms with Gasteiger partial charge in [-0.25, -0.2) is 0 Å². The second kappa shape index (κ2) is 6.97. The number of hydrogen-bond acceptors (Lipinski definition) is 3. The van der Waals surface area contributed by atoms with Crippen molar-refractivity contribution >= 4 is 17.7 Å². The summed E-state index contributed by atoms with van der Waals surface area (Å²) >= 11 is 1.79. The number of carbonyl (C=O) groups excluding carboxylic acids is 1. The Morgan fingerprint density at radius 3 is 2.86 bits per heavy atom. The molecule has 0 radical (unpaired) electrons. The quantitative estimate of drug-likeness (QED) is 0.830. The van der Waals surface area contributed by atoms with Gasteiger partial charge in [0, 0.05) is 35.0 Å². The summed E-state index contributed by atoms with van der Waals surface area (Å²) in [4.78, 5) is 17.6. The Kier molecular flexibility index (Phi) is 4.78. The van der Waals surface area contributed by atoms with Gasteiger partial charge in [-0.05, 0) is 36.1 Å². The zero-order chi connectivity index (χ0) is 15.4. The van der Waals surface area contributed by atoms with E-state index in [2.05, 4.69) is 35.4 Å². The molecular formula is C18H20N2OS. The lowest BCUT2D eigenvalue weighted by molar-refractivity contribution is -0.122. The van der Waals surface area contributed by atoms with E-state index in [1.54, 1.807) is 18.0 Å². The molecule has 4 heteroatoms. The van der Waals surface area contributed by atoms with Gasteiger partial charge in [-0.3, -0.25) is 9.78 Å². The van der Waals surface area contributed by atoms with E-state index in [9.17, 15) is 4.79 Å². The zero-order valence-electron chi connectivity index (χ0n) is 12.6. The molecule has 1 aliphatic carbocycles. The van der Waals surface area contributed by atoms with Crippen LogP contribution in [0.15, 0.2) is 59.8 Å². The third-order valence-electron chi connectivity index (χ3n) is 3.88. The highest BCUT2D eigenvalue weighted by atomic mass is 32.2. The second-order valence-corrected chi connectivity index (χ2v) is 7.23. The van der Waals surface area contributed by atoms with Crippen molar-refractivity contribution < 1.29 is 4.79 Å². The molecule has 1 aromatic heterocycles. The number of aromatic nitrogens is 1. The SMILES string of the molecule is C[C@H](CNC(=O)[C@H]1C[C@H]1c1cccnc1)Sc1ccccc1. The molecule has 0 aliphatic heterocycles. The number of pyridine rings is 1. The average Bonchev–Trinajstić information content (AvgIpc) is 3.35. The minimum atomic E-state index is 0.123. The molecule has 3 atom stereocenters. The smallest absolute Gasteiger partial charge is 0.223 e. The fourth-order valence-electron chi connectivity index (χ4n) is 2.60. The van der Waals surface area contributed by atoms with E-state index >= 15 is 0 Å². The molecule has 3 nitrogen and oxygen atoms in total. The van der Waals surface area contributed by atoms with Gasteiger partial charge in [0.1, 0.15) is 0 Å². The van der Waals surface area contributed by atoms with Crippen LogP contribution in [0.1, 0.15) is 24.8 Å². The van der Waals surface area contributed by atoms with Crippen molar-refractivity contribution in [3.8, 4) is 0 Å². The lowest BCUT2D eigenvalue weighted by atomic mass is 10.1. The molecule has 0 bridgehead atoms. The Labute approximate surface area is 135 Å². The number of thioether (sulfide) groups is 1. The summed E-state index contributed by atoms with van der Waals surface area (Å²) in [5.41, 5.74) is 1.18. The van der Waals surface area contributed by atoms with Crippen LogP contribution in [0.3, 0.4) is 0 Å². The van der Waals surface area contributed by atoms with Crippen molar-refractivity contribution in [1.29, 1.82) is 0 Å². The first-order valence-corrected chi connectivity index (χ1v) is 8.51. The highest BCUT2D eigenvalue weighted by Crippen LogP contribution is 2.47. The van der Waals surface area contributed by atoms with Crippen molar-refractivity contribution in [2.75, 3.05) is 6.54 Å². The Morgan fingerprint density at radius 1 is 1.32 bits per heavy atom. The van der Waals surface area contributed by atoms with E-state index in [0.717, 1.165) is 6.42 Å². The standard InChI is InChI=1S/C18H20N2OS/c1-13(22-15-7-3-2-4-8-15)11-20-18(21)17-10-16(17)14-6-5-9-19-12-14/h2-9,12-13,16-17H,10-11H2,1H3,(H,20,21)/t13-,16+,17+/m1/s1. The Balaban J connectivity index is 1.44. The topological polar surface area (TPSA) is 42.0 Å². The maximum absolute atomic E-state index is 12.2. The predicted octanol–water partition coefficient (Wildman–Crippen LogP) is 3.48. The van der Waals surface area contributed by atoms with E-state index < -0.39 is 0 Å². The van der Waals surface area contributed by atoms with E-state index in [0.29, 0.717) is 17.7 Å². The van der Waals surface area contributed by atoms with Crippen LogP contribution < -0.4 is 5.32 Å². The molecule has 1 aliphatic rings. The number of carbonyl (C=O) groups is 1. The van der Waals surface area contributed by atoms with Gasteiger partial charge in [-0.15, -0.1) is 11.8 Å². The maximum atomic E-state index is 12.2. The fourth-order valence-corrected chi connectivity index (χ4v) is 3.54. The number of benzene rings is 1. The lowest BCUT2D eigenvalue weighted by Gasteiger charge is -2.12. The summed E-state index contributed by atoms with van der Waals surface area (Å²) in [7, 11) is 0. The molecule has 1 saturated carbocycles. The zero-order valence-corrected chi connectivity index (χ0v) is 13.4. The molecule has 22 heavy (non-hydrogen) atoms. The molecule has 1 amide bonds. The summed E-state index contributed by atoms with van der Waals surface area (Å²) in [6.07, 6.45) is 4.58. The minimum Gasteiger partial charge on any atom is -0.355 e. The number of rotatable bonds is 6. The van der Waals surface area contributed by atoms with Crippen molar-refractivity contribution in [3.63, 3.8) is 0 Å². The summed E-state index contributed by atoms with van der Waals surface area (Å²) < 4.78 is 0. The highest BCUT2D eigenvalue weighted by Gasteiger charge is 2.43. The molecule has 1 fully saturated rings. The van der Waals surface area contributed by atoms with E-state index in [1.807, 2.05) is 30.5 Å².